The molecule has 6 nitrogen and oxygen atoms in total. The predicted octanol–water partition coefficient (Wildman–Crippen LogP) is 3.52. The second kappa shape index (κ2) is 9.62. The molecule has 0 aromatic heterocycles. The van der Waals surface area contributed by atoms with Crippen molar-refractivity contribution in [2.24, 2.45) is 0 Å². The molecule has 6 heteroatoms. The molecule has 1 amide bonds. The van der Waals surface area contributed by atoms with E-state index < -0.39 is 12.1 Å². The predicted molar refractivity (Wildman–Crippen MR) is 103 cm³/mol. The van der Waals surface area contributed by atoms with E-state index in [9.17, 15) is 9.59 Å². The highest BCUT2D eigenvalue weighted by molar-refractivity contribution is 5.95. The smallest absolute Gasteiger partial charge is 0.306 e. The Labute approximate surface area is 159 Å². The van der Waals surface area contributed by atoms with Crippen LogP contribution in [-0.2, 0) is 20.7 Å². The number of hydrogen-bond donors (Lipinski definition) is 1. The molecule has 0 bridgehead atoms. The third-order valence-electron chi connectivity index (χ3n) is 4.11. The number of aryl methyl sites for hydroxylation is 2. The van der Waals surface area contributed by atoms with Crippen molar-refractivity contribution in [3.05, 3.63) is 53.6 Å². The average molecular weight is 371 g/mol. The van der Waals surface area contributed by atoms with Gasteiger partial charge in [0, 0.05) is 18.2 Å². The van der Waals surface area contributed by atoms with Crippen LogP contribution in [0.1, 0.15) is 24.5 Å². The van der Waals surface area contributed by atoms with E-state index in [0.717, 1.165) is 11.1 Å². The molecule has 0 fully saturated rings. The number of rotatable bonds is 8. The summed E-state index contributed by atoms with van der Waals surface area (Å²) in [6, 6.07) is 12.9. The zero-order valence-corrected chi connectivity index (χ0v) is 16.1. The Morgan fingerprint density at radius 2 is 1.67 bits per heavy atom. The van der Waals surface area contributed by atoms with Crippen LogP contribution >= 0.6 is 0 Å². The van der Waals surface area contributed by atoms with Crippen molar-refractivity contribution in [3.8, 4) is 11.5 Å². The molecule has 0 aliphatic rings. The summed E-state index contributed by atoms with van der Waals surface area (Å²) in [7, 11) is 3.14. The van der Waals surface area contributed by atoms with Crippen LogP contribution in [-0.4, -0.2) is 32.2 Å². The highest BCUT2D eigenvalue weighted by Crippen LogP contribution is 2.23. The minimum Gasteiger partial charge on any atom is -0.497 e. The van der Waals surface area contributed by atoms with Gasteiger partial charge in [-0.15, -0.1) is 0 Å². The van der Waals surface area contributed by atoms with Gasteiger partial charge in [0.2, 0.25) is 0 Å². The molecule has 0 heterocycles. The molecule has 1 unspecified atom stereocenters. The highest BCUT2D eigenvalue weighted by atomic mass is 16.5. The normalized spacial score (nSPS) is 11.4. The quantitative estimate of drug-likeness (QED) is 0.719. The Hall–Kier alpha value is -3.02. The molecule has 0 saturated carbocycles. The maximum Gasteiger partial charge on any atom is 0.306 e. The van der Waals surface area contributed by atoms with E-state index in [0.29, 0.717) is 23.6 Å². The van der Waals surface area contributed by atoms with Crippen molar-refractivity contribution < 1.29 is 23.8 Å². The number of anilines is 1. The molecular formula is C21H25NO5. The lowest BCUT2D eigenvalue weighted by Crippen LogP contribution is -2.30. The fraction of sp³-hybridized carbons (Fsp3) is 0.333. The number of carbonyl (C=O) groups excluding carboxylic acids is 2. The Morgan fingerprint density at radius 1 is 1.04 bits per heavy atom. The van der Waals surface area contributed by atoms with E-state index in [2.05, 4.69) is 5.32 Å². The Kier molecular flexibility index (Phi) is 7.23. The summed E-state index contributed by atoms with van der Waals surface area (Å²) in [6.07, 6.45) is -0.270. The second-order valence-electron chi connectivity index (χ2n) is 6.16. The zero-order valence-electron chi connectivity index (χ0n) is 16.1. The highest BCUT2D eigenvalue weighted by Gasteiger charge is 2.18. The summed E-state index contributed by atoms with van der Waals surface area (Å²) in [5.74, 6) is 0.511. The lowest BCUT2D eigenvalue weighted by molar-refractivity contribution is -0.153. The van der Waals surface area contributed by atoms with E-state index >= 15 is 0 Å². The Morgan fingerprint density at radius 3 is 2.26 bits per heavy atom. The number of amides is 1. The summed E-state index contributed by atoms with van der Waals surface area (Å²) in [6.45, 7) is 3.45. The van der Waals surface area contributed by atoms with E-state index in [1.165, 1.54) is 0 Å². The van der Waals surface area contributed by atoms with Crippen molar-refractivity contribution >= 4 is 17.6 Å². The summed E-state index contributed by atoms with van der Waals surface area (Å²) in [5.41, 5.74) is 2.53. The topological polar surface area (TPSA) is 73.9 Å². The monoisotopic (exact) mass is 371 g/mol. The number of ether oxygens (including phenoxy) is 3. The van der Waals surface area contributed by atoms with Crippen LogP contribution in [0.2, 0.25) is 0 Å². The van der Waals surface area contributed by atoms with Gasteiger partial charge < -0.3 is 19.5 Å². The summed E-state index contributed by atoms with van der Waals surface area (Å²) in [4.78, 5) is 24.3. The fourth-order valence-electron chi connectivity index (χ4n) is 2.51. The fourth-order valence-corrected chi connectivity index (χ4v) is 2.51. The molecule has 0 saturated heterocycles. The van der Waals surface area contributed by atoms with Gasteiger partial charge in [0.15, 0.2) is 6.10 Å². The van der Waals surface area contributed by atoms with Crippen LogP contribution in [0.15, 0.2) is 42.5 Å². The van der Waals surface area contributed by atoms with E-state index in [1.807, 2.05) is 37.3 Å². The first kappa shape index (κ1) is 20.3. The average Bonchev–Trinajstić information content (AvgIpc) is 2.67. The van der Waals surface area contributed by atoms with Crippen LogP contribution in [0, 0.1) is 6.92 Å². The van der Waals surface area contributed by atoms with Crippen LogP contribution in [0.4, 0.5) is 5.69 Å². The van der Waals surface area contributed by atoms with Crippen molar-refractivity contribution in [3.63, 3.8) is 0 Å². The molecule has 2 aromatic carbocycles. The number of esters is 1. The van der Waals surface area contributed by atoms with Gasteiger partial charge in [-0.05, 0) is 49.6 Å². The molecular weight excluding hydrogens is 346 g/mol. The molecule has 1 N–H and O–H groups in total. The number of para-hydroxylation sites is 1. The molecule has 27 heavy (non-hydrogen) atoms. The summed E-state index contributed by atoms with van der Waals surface area (Å²) < 4.78 is 15.7. The number of nitrogens with one attached hydrogen (secondary N) is 1. The maximum absolute atomic E-state index is 12.2. The van der Waals surface area contributed by atoms with Gasteiger partial charge in [-0.25, -0.2) is 0 Å². The lowest BCUT2D eigenvalue weighted by Gasteiger charge is -2.15. The summed E-state index contributed by atoms with van der Waals surface area (Å²) >= 11 is 0. The molecule has 144 valence electrons. The molecule has 0 spiro atoms. The standard InChI is InChI=1S/C21H25NO5/c1-14-7-5-6-8-19(14)22-21(24)15(2)27-20(23)10-9-16-11-17(25-3)13-18(12-16)26-4/h5-8,11-13,15H,9-10H2,1-4H3,(H,22,24). The van der Waals surface area contributed by atoms with Crippen molar-refractivity contribution in [2.75, 3.05) is 19.5 Å². The van der Waals surface area contributed by atoms with Crippen LogP contribution in [0.25, 0.3) is 0 Å². The SMILES string of the molecule is COc1cc(CCC(=O)OC(C)C(=O)Nc2ccccc2C)cc(OC)c1. The van der Waals surface area contributed by atoms with Gasteiger partial charge >= 0.3 is 5.97 Å². The molecule has 2 rings (SSSR count). The van der Waals surface area contributed by atoms with E-state index in [-0.39, 0.29) is 12.3 Å². The van der Waals surface area contributed by atoms with Crippen molar-refractivity contribution in [2.45, 2.75) is 32.8 Å². The minimum absolute atomic E-state index is 0.151. The van der Waals surface area contributed by atoms with Crippen LogP contribution in [0.3, 0.4) is 0 Å². The van der Waals surface area contributed by atoms with Gasteiger partial charge in [0.1, 0.15) is 11.5 Å². The number of methoxy groups -OCH3 is 2. The van der Waals surface area contributed by atoms with Gasteiger partial charge in [0.05, 0.1) is 14.2 Å². The van der Waals surface area contributed by atoms with Gasteiger partial charge in [-0.2, -0.15) is 0 Å². The zero-order chi connectivity index (χ0) is 19.8. The maximum atomic E-state index is 12.2. The van der Waals surface area contributed by atoms with Crippen molar-refractivity contribution in [1.29, 1.82) is 0 Å². The number of benzene rings is 2. The molecule has 0 radical (unpaired) electrons. The minimum atomic E-state index is -0.878. The molecule has 0 aliphatic heterocycles. The summed E-state index contributed by atoms with van der Waals surface area (Å²) in [5, 5.41) is 2.77. The number of carbonyl (C=O) groups is 2. The lowest BCUT2D eigenvalue weighted by atomic mass is 10.1. The van der Waals surface area contributed by atoms with Crippen LogP contribution in [0.5, 0.6) is 11.5 Å². The Balaban J connectivity index is 1.88. The first-order chi connectivity index (χ1) is 12.9. The van der Waals surface area contributed by atoms with Gasteiger partial charge in [-0.3, -0.25) is 9.59 Å². The Bertz CT molecular complexity index is 781. The second-order valence-corrected chi connectivity index (χ2v) is 6.16. The molecule has 0 aliphatic carbocycles. The first-order valence-corrected chi connectivity index (χ1v) is 8.71. The van der Waals surface area contributed by atoms with Gasteiger partial charge in [0.25, 0.3) is 5.91 Å². The third-order valence-corrected chi connectivity index (χ3v) is 4.11. The van der Waals surface area contributed by atoms with E-state index in [1.54, 1.807) is 33.3 Å². The largest absolute Gasteiger partial charge is 0.497 e. The first-order valence-electron chi connectivity index (χ1n) is 8.71. The van der Waals surface area contributed by atoms with Crippen LogP contribution < -0.4 is 14.8 Å². The number of hydrogen-bond acceptors (Lipinski definition) is 5. The van der Waals surface area contributed by atoms with E-state index in [4.69, 9.17) is 14.2 Å². The molecule has 2 aromatic rings. The van der Waals surface area contributed by atoms with Gasteiger partial charge in [-0.1, -0.05) is 18.2 Å². The van der Waals surface area contributed by atoms with Crippen molar-refractivity contribution in [1.82, 2.24) is 0 Å². The molecule has 1 atom stereocenters. The third kappa shape index (κ3) is 6.02.